The summed E-state index contributed by atoms with van der Waals surface area (Å²) >= 11 is 0. The van der Waals surface area contributed by atoms with E-state index < -0.39 is 0 Å². The van der Waals surface area contributed by atoms with Gasteiger partial charge in [-0.15, -0.1) is 0 Å². The van der Waals surface area contributed by atoms with E-state index in [4.69, 9.17) is 9.15 Å². The molecule has 0 saturated carbocycles. The molecule has 0 fully saturated rings. The van der Waals surface area contributed by atoms with E-state index in [2.05, 4.69) is 46.2 Å². The zero-order valence-electron chi connectivity index (χ0n) is 18.4. The smallest absolute Gasteiger partial charge is 0.273 e. The van der Waals surface area contributed by atoms with E-state index >= 15 is 0 Å². The molecule has 1 aromatic carbocycles. The van der Waals surface area contributed by atoms with Crippen molar-refractivity contribution in [1.82, 2.24) is 20.2 Å². The zero-order chi connectivity index (χ0) is 22.1. The third-order valence-electron chi connectivity index (χ3n) is 5.13. The van der Waals surface area contributed by atoms with Gasteiger partial charge in [-0.25, -0.2) is 4.98 Å². The van der Waals surface area contributed by atoms with Crippen LogP contribution in [0.1, 0.15) is 54.7 Å². The summed E-state index contributed by atoms with van der Waals surface area (Å²) in [5.41, 5.74) is 2.40. The molecule has 1 N–H and O–H groups in total. The Bertz CT molecular complexity index is 941. The van der Waals surface area contributed by atoms with Crippen LogP contribution >= 0.6 is 0 Å². The highest BCUT2D eigenvalue weighted by Crippen LogP contribution is 2.18. The van der Waals surface area contributed by atoms with Crippen LogP contribution < -0.4 is 10.1 Å². The van der Waals surface area contributed by atoms with Crippen molar-refractivity contribution >= 4 is 5.91 Å². The number of carbonyl (C=O) groups excluding carboxylic acids is 1. The van der Waals surface area contributed by atoms with Crippen molar-refractivity contribution in [2.45, 2.75) is 52.9 Å². The minimum Gasteiger partial charge on any atom is -0.494 e. The minimum absolute atomic E-state index is 0.263. The number of nitrogens with zero attached hydrogens (tertiary/aromatic N) is 3. The lowest BCUT2D eigenvalue weighted by atomic mass is 10.1. The molecule has 0 aliphatic rings. The highest BCUT2D eigenvalue weighted by atomic mass is 16.5. The molecule has 2 heterocycles. The van der Waals surface area contributed by atoms with E-state index in [9.17, 15) is 4.79 Å². The van der Waals surface area contributed by atoms with Crippen molar-refractivity contribution in [3.63, 3.8) is 0 Å². The molecule has 3 aromatic rings. The summed E-state index contributed by atoms with van der Waals surface area (Å²) < 4.78 is 11.1. The first-order valence-corrected chi connectivity index (χ1v) is 10.7. The zero-order valence-corrected chi connectivity index (χ0v) is 18.4. The second kappa shape index (κ2) is 11.3. The van der Waals surface area contributed by atoms with Crippen LogP contribution in [-0.2, 0) is 19.6 Å². The van der Waals surface area contributed by atoms with Gasteiger partial charge in [-0.1, -0.05) is 25.1 Å². The summed E-state index contributed by atoms with van der Waals surface area (Å²) in [5.74, 6) is 1.13. The number of pyridine rings is 1. The van der Waals surface area contributed by atoms with Crippen LogP contribution in [0.4, 0.5) is 0 Å². The van der Waals surface area contributed by atoms with Gasteiger partial charge in [-0.2, -0.15) is 0 Å². The van der Waals surface area contributed by atoms with Gasteiger partial charge >= 0.3 is 0 Å². The molecule has 1 amide bonds. The Morgan fingerprint density at radius 2 is 1.97 bits per heavy atom. The summed E-state index contributed by atoms with van der Waals surface area (Å²) in [6.45, 7) is 8.64. The summed E-state index contributed by atoms with van der Waals surface area (Å²) in [4.78, 5) is 23.1. The lowest BCUT2D eigenvalue weighted by molar-refractivity contribution is 0.0945. The third kappa shape index (κ3) is 6.65. The molecule has 0 unspecified atom stereocenters. The molecule has 7 nitrogen and oxygen atoms in total. The second-order valence-corrected chi connectivity index (χ2v) is 7.41. The summed E-state index contributed by atoms with van der Waals surface area (Å²) in [6.07, 6.45) is 5.83. The lowest BCUT2D eigenvalue weighted by Gasteiger charge is -2.27. The fourth-order valence-corrected chi connectivity index (χ4v) is 3.16. The average molecular weight is 423 g/mol. The van der Waals surface area contributed by atoms with Gasteiger partial charge in [0.2, 0.25) is 5.89 Å². The van der Waals surface area contributed by atoms with Crippen LogP contribution in [-0.4, -0.2) is 33.4 Å². The number of nitrogens with one attached hydrogen (secondary N) is 1. The van der Waals surface area contributed by atoms with Crippen molar-refractivity contribution in [1.29, 1.82) is 0 Å². The monoisotopic (exact) mass is 422 g/mol. The number of rotatable bonds is 11. The fraction of sp³-hybridized carbons (Fsp3) is 0.375. The van der Waals surface area contributed by atoms with Crippen molar-refractivity contribution in [2.24, 2.45) is 0 Å². The number of hydrogen-bond acceptors (Lipinski definition) is 6. The molecule has 31 heavy (non-hydrogen) atoms. The Hall–Kier alpha value is -3.19. The molecule has 3 rings (SSSR count). The van der Waals surface area contributed by atoms with E-state index in [1.165, 1.54) is 11.8 Å². The largest absolute Gasteiger partial charge is 0.494 e. The Morgan fingerprint density at radius 1 is 1.16 bits per heavy atom. The highest BCUT2D eigenvalue weighted by Gasteiger charge is 2.18. The van der Waals surface area contributed by atoms with Gasteiger partial charge in [0.25, 0.3) is 5.91 Å². The maximum absolute atomic E-state index is 12.4. The van der Waals surface area contributed by atoms with E-state index in [0.717, 1.165) is 24.3 Å². The quantitative estimate of drug-likeness (QED) is 0.499. The van der Waals surface area contributed by atoms with Crippen LogP contribution in [0.3, 0.4) is 0 Å². The molecule has 7 heteroatoms. The molecule has 0 saturated heterocycles. The van der Waals surface area contributed by atoms with Crippen LogP contribution in [0, 0.1) is 0 Å². The van der Waals surface area contributed by atoms with E-state index in [-0.39, 0.29) is 11.6 Å². The van der Waals surface area contributed by atoms with Crippen LogP contribution in [0.2, 0.25) is 0 Å². The minimum atomic E-state index is -0.263. The van der Waals surface area contributed by atoms with Crippen LogP contribution in [0.5, 0.6) is 5.75 Å². The molecule has 0 bridgehead atoms. The van der Waals surface area contributed by atoms with Crippen molar-refractivity contribution < 1.29 is 13.9 Å². The van der Waals surface area contributed by atoms with Gasteiger partial charge in [0.15, 0.2) is 5.69 Å². The summed E-state index contributed by atoms with van der Waals surface area (Å²) in [7, 11) is 0. The van der Waals surface area contributed by atoms with Crippen molar-refractivity contribution in [2.75, 3.05) is 6.61 Å². The summed E-state index contributed by atoms with van der Waals surface area (Å²) in [6, 6.07) is 12.2. The number of amides is 1. The van der Waals surface area contributed by atoms with E-state index in [1.54, 1.807) is 12.4 Å². The number of ether oxygens (including phenoxy) is 1. The van der Waals surface area contributed by atoms with Gasteiger partial charge < -0.3 is 14.5 Å². The number of carbonyl (C=O) groups is 1. The average Bonchev–Trinajstić information content (AvgIpc) is 3.27. The number of benzene rings is 1. The van der Waals surface area contributed by atoms with Crippen molar-refractivity contribution in [3.05, 3.63) is 77.8 Å². The maximum atomic E-state index is 12.4. The molecule has 0 aliphatic heterocycles. The van der Waals surface area contributed by atoms with E-state index in [1.807, 2.05) is 31.2 Å². The predicted octanol–water partition coefficient (Wildman–Crippen LogP) is 4.20. The first kappa shape index (κ1) is 22.5. The van der Waals surface area contributed by atoms with Gasteiger partial charge in [0.1, 0.15) is 12.0 Å². The number of oxazole rings is 1. The fourth-order valence-electron chi connectivity index (χ4n) is 3.16. The molecule has 0 radical (unpaired) electrons. The predicted molar refractivity (Wildman–Crippen MR) is 119 cm³/mol. The number of aromatic nitrogens is 2. The molecular formula is C24H30N4O3. The highest BCUT2D eigenvalue weighted by molar-refractivity contribution is 5.91. The summed E-state index contributed by atoms with van der Waals surface area (Å²) in [5, 5.41) is 2.84. The molecule has 1 atom stereocenters. The molecule has 164 valence electrons. The maximum Gasteiger partial charge on any atom is 0.273 e. The molecule has 2 aromatic heterocycles. The first-order valence-electron chi connectivity index (χ1n) is 10.7. The van der Waals surface area contributed by atoms with Crippen molar-refractivity contribution in [3.8, 4) is 5.75 Å². The van der Waals surface area contributed by atoms with Gasteiger partial charge in [-0.3, -0.25) is 14.7 Å². The van der Waals surface area contributed by atoms with Crippen LogP contribution in [0.25, 0.3) is 0 Å². The first-order chi connectivity index (χ1) is 15.1. The molecule has 0 aliphatic carbocycles. The Labute approximate surface area is 183 Å². The topological polar surface area (TPSA) is 80.5 Å². The Kier molecular flexibility index (Phi) is 8.18. The normalized spacial score (nSPS) is 12.0. The van der Waals surface area contributed by atoms with Crippen LogP contribution in [0.15, 0.2) is 59.5 Å². The third-order valence-corrected chi connectivity index (χ3v) is 5.13. The Balaban J connectivity index is 1.61. The van der Waals surface area contributed by atoms with Gasteiger partial charge in [-0.05, 0) is 49.6 Å². The SMILES string of the molecule is CCOc1ccc(CN(Cc2nc(C(=O)NCc3cccnc3)co2)[C@H](C)CC)cc1. The standard InChI is InChI=1S/C24H30N4O3/c1-4-18(3)28(15-19-8-10-21(11-9-19)30-5-2)16-23-27-22(17-31-23)24(29)26-14-20-7-6-12-25-13-20/h6-13,17-18H,4-5,14-16H2,1-3H3,(H,26,29)/t18-/m1/s1. The molecule has 0 spiro atoms. The van der Waals surface area contributed by atoms with E-state index in [0.29, 0.717) is 31.6 Å². The van der Waals surface area contributed by atoms with Gasteiger partial charge in [0, 0.05) is 31.5 Å². The second-order valence-electron chi connectivity index (χ2n) is 7.41. The Morgan fingerprint density at radius 3 is 2.65 bits per heavy atom. The lowest BCUT2D eigenvalue weighted by Crippen LogP contribution is -2.31. The molecular weight excluding hydrogens is 392 g/mol. The van der Waals surface area contributed by atoms with Gasteiger partial charge in [0.05, 0.1) is 13.2 Å². The number of hydrogen-bond donors (Lipinski definition) is 1.